The van der Waals surface area contributed by atoms with E-state index < -0.39 is 17.7 Å². The molecule has 2 aromatic heterocycles. The Balaban J connectivity index is 2.44. The Labute approximate surface area is 158 Å². The van der Waals surface area contributed by atoms with E-state index in [9.17, 15) is 9.59 Å². The molecule has 25 heavy (non-hydrogen) atoms. The maximum absolute atomic E-state index is 13.1. The largest absolute Gasteiger partial charge is 0.465 e. The molecule has 8 nitrogen and oxygen atoms in total. The van der Waals surface area contributed by atoms with Crippen molar-refractivity contribution in [3.05, 3.63) is 49.0 Å². The Kier molecular flexibility index (Phi) is 4.72. The van der Waals surface area contributed by atoms with Gasteiger partial charge in [-0.1, -0.05) is 23.2 Å². The highest BCUT2D eigenvalue weighted by Gasteiger charge is 2.23. The summed E-state index contributed by atoms with van der Waals surface area (Å²) in [6, 6.07) is 2.21. The average molecular weight is 447 g/mol. The molecule has 1 atom stereocenters. The molecule has 0 aliphatic carbocycles. The monoisotopic (exact) mass is 445 g/mol. The summed E-state index contributed by atoms with van der Waals surface area (Å²) < 4.78 is 1.68. The number of hydrogen-bond acceptors (Lipinski definition) is 4. The number of carboxylic acid groups (broad SMARTS) is 1. The van der Waals surface area contributed by atoms with E-state index in [1.54, 1.807) is 6.92 Å². The first-order valence-corrected chi connectivity index (χ1v) is 8.46. The first kappa shape index (κ1) is 17.7. The summed E-state index contributed by atoms with van der Waals surface area (Å²) in [6.45, 7) is 1.55. The van der Waals surface area contributed by atoms with E-state index >= 15 is 0 Å². The van der Waals surface area contributed by atoms with Crippen molar-refractivity contribution >= 4 is 56.1 Å². The van der Waals surface area contributed by atoms with E-state index in [1.807, 2.05) is 0 Å². The lowest BCUT2D eigenvalue weighted by atomic mass is 10.2. The molecule has 1 aromatic carbocycles. The van der Waals surface area contributed by atoms with Gasteiger partial charge >= 0.3 is 6.09 Å². The number of aromatic amines is 1. The highest BCUT2D eigenvalue weighted by atomic mass is 79.9. The number of rotatable bonds is 3. The van der Waals surface area contributed by atoms with Gasteiger partial charge in [-0.15, -0.1) is 0 Å². The Bertz CT molecular complexity index is 1050. The summed E-state index contributed by atoms with van der Waals surface area (Å²) in [7, 11) is 0. The van der Waals surface area contributed by atoms with E-state index in [0.717, 1.165) is 0 Å². The molecule has 1 amide bonds. The number of hydrogen-bond donors (Lipinski definition) is 3. The number of aromatic nitrogens is 4. The number of amides is 1. The molecule has 0 radical (unpaired) electrons. The van der Waals surface area contributed by atoms with Crippen LogP contribution in [0.3, 0.4) is 0 Å². The molecule has 0 fully saturated rings. The summed E-state index contributed by atoms with van der Waals surface area (Å²) in [6.07, 6.45) is 0.275. The molecule has 0 saturated heterocycles. The van der Waals surface area contributed by atoms with Gasteiger partial charge in [-0.25, -0.2) is 14.3 Å². The number of nitrogens with zero attached hydrogens (tertiary/aromatic N) is 3. The number of H-pyrrole nitrogens is 1. The fourth-order valence-electron chi connectivity index (χ4n) is 2.40. The summed E-state index contributed by atoms with van der Waals surface area (Å²) in [5, 5.41) is 18.5. The standard InChI is InChI=1S/C14H10BrCl2N5O3/c1-5(19-14(24)25)11-20-10-8(17)3-2-7(16)9(10)13(23)22(11)12-6(15)4-18-21-12/h2-5,19H,1H3,(H,18,21)(H,24,25). The van der Waals surface area contributed by atoms with Crippen LogP contribution < -0.4 is 10.9 Å². The third-order valence-corrected chi connectivity index (χ3v) is 4.67. The van der Waals surface area contributed by atoms with Gasteiger partial charge in [-0.05, 0) is 35.0 Å². The Morgan fingerprint density at radius 1 is 1.40 bits per heavy atom. The van der Waals surface area contributed by atoms with E-state index in [1.165, 1.54) is 22.9 Å². The van der Waals surface area contributed by atoms with Gasteiger partial charge in [-0.2, -0.15) is 5.10 Å². The van der Waals surface area contributed by atoms with Crippen molar-refractivity contribution in [1.82, 2.24) is 25.1 Å². The molecule has 0 aliphatic rings. The first-order chi connectivity index (χ1) is 11.8. The third-order valence-electron chi connectivity index (χ3n) is 3.46. The summed E-state index contributed by atoms with van der Waals surface area (Å²) >= 11 is 15.6. The van der Waals surface area contributed by atoms with Crippen LogP contribution in [0.2, 0.25) is 10.0 Å². The lowest BCUT2D eigenvalue weighted by Gasteiger charge is -2.18. The van der Waals surface area contributed by atoms with E-state index in [0.29, 0.717) is 4.47 Å². The summed E-state index contributed by atoms with van der Waals surface area (Å²) in [5.41, 5.74) is -0.324. The molecule has 11 heteroatoms. The predicted molar refractivity (Wildman–Crippen MR) is 96.8 cm³/mol. The molecule has 2 heterocycles. The van der Waals surface area contributed by atoms with Crippen LogP contribution in [-0.4, -0.2) is 30.9 Å². The van der Waals surface area contributed by atoms with Crippen LogP contribution in [0, 0.1) is 0 Å². The van der Waals surface area contributed by atoms with Crippen molar-refractivity contribution < 1.29 is 9.90 Å². The Morgan fingerprint density at radius 2 is 2.08 bits per heavy atom. The van der Waals surface area contributed by atoms with Gasteiger partial charge in [0.15, 0.2) is 5.82 Å². The molecule has 3 N–H and O–H groups in total. The maximum Gasteiger partial charge on any atom is 0.405 e. The molecular formula is C14H10BrCl2N5O3. The Hall–Kier alpha value is -2.10. The van der Waals surface area contributed by atoms with Crippen LogP contribution in [0.1, 0.15) is 18.8 Å². The minimum atomic E-state index is -1.26. The van der Waals surface area contributed by atoms with Crippen LogP contribution >= 0.6 is 39.1 Å². The number of fused-ring (bicyclic) bond motifs is 1. The van der Waals surface area contributed by atoms with Gasteiger partial charge in [0.25, 0.3) is 5.56 Å². The van der Waals surface area contributed by atoms with Gasteiger partial charge in [0.2, 0.25) is 0 Å². The highest BCUT2D eigenvalue weighted by Crippen LogP contribution is 2.29. The van der Waals surface area contributed by atoms with Crippen molar-refractivity contribution in [1.29, 1.82) is 0 Å². The van der Waals surface area contributed by atoms with E-state index in [2.05, 4.69) is 36.4 Å². The Morgan fingerprint density at radius 3 is 2.68 bits per heavy atom. The SMILES string of the molecule is CC(NC(=O)O)c1nc2c(Cl)ccc(Cl)c2c(=O)n1-c1n[nH]cc1Br. The smallest absolute Gasteiger partial charge is 0.405 e. The second kappa shape index (κ2) is 6.66. The average Bonchev–Trinajstić information content (AvgIpc) is 2.95. The molecule has 3 rings (SSSR count). The first-order valence-electron chi connectivity index (χ1n) is 6.91. The minimum Gasteiger partial charge on any atom is -0.465 e. The molecule has 1 unspecified atom stereocenters. The minimum absolute atomic E-state index is 0.121. The van der Waals surface area contributed by atoms with Crippen LogP contribution in [0.5, 0.6) is 0 Å². The lowest BCUT2D eigenvalue weighted by Crippen LogP contribution is -2.32. The topological polar surface area (TPSA) is 113 Å². The number of nitrogens with one attached hydrogen (secondary N) is 2. The summed E-state index contributed by atoms with van der Waals surface area (Å²) in [4.78, 5) is 28.5. The lowest BCUT2D eigenvalue weighted by molar-refractivity contribution is 0.190. The second-order valence-corrected chi connectivity index (χ2v) is 6.76. The number of benzene rings is 1. The second-order valence-electron chi connectivity index (χ2n) is 5.09. The third kappa shape index (κ3) is 3.10. The van der Waals surface area contributed by atoms with E-state index in [4.69, 9.17) is 28.3 Å². The van der Waals surface area contributed by atoms with Crippen LogP contribution in [0.4, 0.5) is 4.79 Å². The zero-order valence-corrected chi connectivity index (χ0v) is 15.6. The fourth-order valence-corrected chi connectivity index (χ4v) is 3.21. The number of carbonyl (C=O) groups is 1. The highest BCUT2D eigenvalue weighted by molar-refractivity contribution is 9.10. The van der Waals surface area contributed by atoms with Gasteiger partial charge in [0, 0.05) is 6.20 Å². The molecule has 130 valence electrons. The van der Waals surface area contributed by atoms with Crippen molar-refractivity contribution in [2.24, 2.45) is 0 Å². The van der Waals surface area contributed by atoms with Gasteiger partial charge in [0.1, 0.15) is 5.82 Å². The predicted octanol–water partition coefficient (Wildman–Crippen LogP) is 3.51. The van der Waals surface area contributed by atoms with Crippen molar-refractivity contribution in [2.45, 2.75) is 13.0 Å². The zero-order chi connectivity index (χ0) is 18.3. The molecule has 0 aliphatic heterocycles. The number of halogens is 3. The van der Waals surface area contributed by atoms with Gasteiger partial charge < -0.3 is 10.4 Å². The maximum atomic E-state index is 13.1. The molecule has 3 aromatic rings. The van der Waals surface area contributed by atoms with Crippen molar-refractivity contribution in [3.63, 3.8) is 0 Å². The van der Waals surface area contributed by atoms with Gasteiger partial charge in [-0.3, -0.25) is 9.89 Å². The van der Waals surface area contributed by atoms with Crippen molar-refractivity contribution in [2.75, 3.05) is 0 Å². The molecule has 0 saturated carbocycles. The van der Waals surface area contributed by atoms with E-state index in [-0.39, 0.29) is 32.6 Å². The van der Waals surface area contributed by atoms with Crippen LogP contribution in [0.15, 0.2) is 27.6 Å². The van der Waals surface area contributed by atoms with Crippen molar-refractivity contribution in [3.8, 4) is 5.82 Å². The fraction of sp³-hybridized carbons (Fsp3) is 0.143. The molecular weight excluding hydrogens is 437 g/mol. The molecule has 0 spiro atoms. The van der Waals surface area contributed by atoms with Crippen LogP contribution in [-0.2, 0) is 0 Å². The normalized spacial score (nSPS) is 12.3. The molecule has 0 bridgehead atoms. The van der Waals surface area contributed by atoms with Crippen LogP contribution in [0.25, 0.3) is 16.7 Å². The zero-order valence-electron chi connectivity index (χ0n) is 12.5. The summed E-state index contributed by atoms with van der Waals surface area (Å²) in [5.74, 6) is 0.348. The van der Waals surface area contributed by atoms with Gasteiger partial charge in [0.05, 0.1) is 31.5 Å². The quantitative estimate of drug-likeness (QED) is 0.569.